The lowest BCUT2D eigenvalue weighted by molar-refractivity contribution is -0.218. The number of carbonyl (C=O) groups excluding carboxylic acids is 4. The number of hydroxylamine groups is 2. The quantitative estimate of drug-likeness (QED) is 0.287. The van der Waals surface area contributed by atoms with E-state index < -0.39 is 84.2 Å². The standard InChI is InChI=1S/C37H38F3N3O10/c38-37(39,40)20-49-27(45)12-11-21-6-1-4-9-24(21)19-43-30-33(47)50-26-18-36(30,34(48)42-14-5-10-25(42)32(46)41-13-15-44)31(53-43)29-28(26)51-35(52-29)16-22-7-2-3-8-23(22)17-35/h1-4,6-9,11-12,25-26,28-31,44H,5,10,13-20H2,(H,41,46). The summed E-state index contributed by atoms with van der Waals surface area (Å²) in [4.78, 5) is 62.8. The van der Waals surface area contributed by atoms with Gasteiger partial charge in [-0.2, -0.15) is 18.2 Å². The first kappa shape index (κ1) is 35.7. The molecule has 2 bridgehead atoms. The molecule has 4 aliphatic heterocycles. The molecular formula is C37H38F3N3O10. The first-order valence-electron chi connectivity index (χ1n) is 17.7. The molecule has 0 radical (unpaired) electrons. The molecule has 4 heterocycles. The molecule has 7 atom stereocenters. The normalized spacial score (nSPS) is 31.1. The Labute approximate surface area is 301 Å². The largest absolute Gasteiger partial charge is 0.458 e. The minimum absolute atomic E-state index is 0.0202. The number of likely N-dealkylation sites (tertiary alicyclic amines) is 1. The number of hydrogen-bond acceptors (Lipinski definition) is 11. The van der Waals surface area contributed by atoms with Crippen LogP contribution in [0.5, 0.6) is 0 Å². The molecule has 2 aromatic carbocycles. The van der Waals surface area contributed by atoms with E-state index in [0.717, 1.165) is 17.2 Å². The van der Waals surface area contributed by atoms with Crippen LogP contribution in [-0.4, -0.2) is 114 Å². The summed E-state index contributed by atoms with van der Waals surface area (Å²) in [6, 6.07) is 12.5. The molecule has 13 nitrogen and oxygen atoms in total. The molecule has 2 amide bonds. The maximum Gasteiger partial charge on any atom is 0.422 e. The number of hydrogen-bond donors (Lipinski definition) is 2. The number of halogens is 3. The second kappa shape index (κ2) is 13.5. The summed E-state index contributed by atoms with van der Waals surface area (Å²) in [5.74, 6) is -3.83. The second-order valence-corrected chi connectivity index (χ2v) is 14.3. The Kier molecular flexibility index (Phi) is 9.08. The highest BCUT2D eigenvalue weighted by Crippen LogP contribution is 2.59. The zero-order chi connectivity index (χ0) is 37.1. The van der Waals surface area contributed by atoms with Gasteiger partial charge in [-0.15, -0.1) is 0 Å². The molecule has 53 heavy (non-hydrogen) atoms. The van der Waals surface area contributed by atoms with Crippen molar-refractivity contribution in [1.29, 1.82) is 0 Å². The molecule has 8 rings (SSSR count). The number of aliphatic hydroxyl groups excluding tert-OH is 1. The molecule has 2 aliphatic carbocycles. The molecule has 4 saturated heterocycles. The van der Waals surface area contributed by atoms with Crippen LogP contribution in [-0.2, 0) is 62.3 Å². The van der Waals surface area contributed by atoms with Crippen molar-refractivity contribution in [2.75, 3.05) is 26.3 Å². The molecule has 1 spiro atoms. The minimum atomic E-state index is -4.68. The smallest absolute Gasteiger partial charge is 0.422 e. The van der Waals surface area contributed by atoms with E-state index in [1.165, 1.54) is 16.0 Å². The number of benzene rings is 2. The number of fused-ring (bicyclic) bond motifs is 5. The van der Waals surface area contributed by atoms with Crippen molar-refractivity contribution in [2.24, 2.45) is 5.41 Å². The molecule has 2 N–H and O–H groups in total. The number of nitrogens with zero attached hydrogens (tertiary/aromatic N) is 2. The van der Waals surface area contributed by atoms with Gasteiger partial charge in [0.15, 0.2) is 18.4 Å². The fourth-order valence-corrected chi connectivity index (χ4v) is 8.95. The van der Waals surface area contributed by atoms with Crippen molar-refractivity contribution in [3.05, 3.63) is 76.9 Å². The van der Waals surface area contributed by atoms with Crippen LogP contribution in [0.3, 0.4) is 0 Å². The van der Waals surface area contributed by atoms with Crippen LogP contribution in [0, 0.1) is 5.41 Å². The maximum atomic E-state index is 15.1. The summed E-state index contributed by atoms with van der Waals surface area (Å²) in [5, 5.41) is 13.4. The van der Waals surface area contributed by atoms with Gasteiger partial charge in [-0.05, 0) is 41.2 Å². The summed E-state index contributed by atoms with van der Waals surface area (Å²) in [7, 11) is 0. The van der Waals surface area contributed by atoms with Crippen molar-refractivity contribution in [2.45, 2.75) is 87.1 Å². The predicted molar refractivity (Wildman–Crippen MR) is 175 cm³/mol. The molecule has 7 unspecified atom stereocenters. The van der Waals surface area contributed by atoms with Crippen LogP contribution >= 0.6 is 0 Å². The minimum Gasteiger partial charge on any atom is -0.458 e. The Balaban J connectivity index is 1.13. The van der Waals surface area contributed by atoms with Gasteiger partial charge in [0.25, 0.3) is 0 Å². The Morgan fingerprint density at radius 1 is 1.04 bits per heavy atom. The van der Waals surface area contributed by atoms with Gasteiger partial charge >= 0.3 is 18.1 Å². The van der Waals surface area contributed by atoms with Gasteiger partial charge in [0.2, 0.25) is 11.8 Å². The van der Waals surface area contributed by atoms with Gasteiger partial charge in [-0.25, -0.2) is 4.79 Å². The topological polar surface area (TPSA) is 153 Å². The van der Waals surface area contributed by atoms with Crippen LogP contribution in [0.4, 0.5) is 13.2 Å². The van der Waals surface area contributed by atoms with E-state index in [1.54, 1.807) is 24.3 Å². The zero-order valence-electron chi connectivity index (χ0n) is 28.5. The van der Waals surface area contributed by atoms with E-state index >= 15 is 4.79 Å². The SMILES string of the molecule is O=C(C=Cc1ccccc1CN1OC2C3OC4(Cc5ccccc5C4)OC3C3CC2(C(=O)N2CCCC2C(=O)NCCO)C1C(=O)O3)OCC(F)(F)F. The van der Waals surface area contributed by atoms with Gasteiger partial charge in [-0.1, -0.05) is 48.5 Å². The van der Waals surface area contributed by atoms with Crippen molar-refractivity contribution >= 4 is 29.8 Å². The highest BCUT2D eigenvalue weighted by molar-refractivity contribution is 5.96. The lowest BCUT2D eigenvalue weighted by Crippen LogP contribution is -2.70. The maximum absolute atomic E-state index is 15.1. The van der Waals surface area contributed by atoms with E-state index in [0.29, 0.717) is 36.8 Å². The van der Waals surface area contributed by atoms with Crippen molar-refractivity contribution in [1.82, 2.24) is 15.3 Å². The molecule has 282 valence electrons. The van der Waals surface area contributed by atoms with E-state index in [4.69, 9.17) is 19.0 Å². The summed E-state index contributed by atoms with van der Waals surface area (Å²) in [6.07, 6.45) is -4.09. The van der Waals surface area contributed by atoms with Gasteiger partial charge in [0.1, 0.15) is 35.9 Å². The number of esters is 2. The van der Waals surface area contributed by atoms with Crippen LogP contribution in [0.15, 0.2) is 54.6 Å². The third-order valence-corrected chi connectivity index (χ3v) is 11.1. The first-order valence-corrected chi connectivity index (χ1v) is 17.7. The number of aliphatic hydroxyl groups is 1. The molecule has 2 aromatic rings. The lowest BCUT2D eigenvalue weighted by Gasteiger charge is -2.50. The molecule has 16 heteroatoms. The number of ether oxygens (including phenoxy) is 4. The summed E-state index contributed by atoms with van der Waals surface area (Å²) in [5.41, 5.74) is 1.52. The van der Waals surface area contributed by atoms with Gasteiger partial charge in [0, 0.05) is 38.4 Å². The van der Waals surface area contributed by atoms with E-state index in [9.17, 15) is 32.7 Å². The van der Waals surface area contributed by atoms with Crippen molar-refractivity contribution in [3.8, 4) is 0 Å². The zero-order valence-corrected chi connectivity index (χ0v) is 28.5. The molecular weight excluding hydrogens is 703 g/mol. The first-order chi connectivity index (χ1) is 25.4. The average Bonchev–Trinajstić information content (AvgIpc) is 3.92. The number of carbonyl (C=O) groups is 4. The summed E-state index contributed by atoms with van der Waals surface area (Å²) >= 11 is 0. The van der Waals surface area contributed by atoms with E-state index in [1.807, 2.05) is 24.3 Å². The molecule has 5 fully saturated rings. The summed E-state index contributed by atoms with van der Waals surface area (Å²) < 4.78 is 61.6. The third-order valence-electron chi connectivity index (χ3n) is 11.1. The lowest BCUT2D eigenvalue weighted by atomic mass is 9.62. The van der Waals surface area contributed by atoms with Crippen LogP contribution < -0.4 is 5.32 Å². The van der Waals surface area contributed by atoms with Crippen LogP contribution in [0.1, 0.15) is 41.5 Å². The van der Waals surface area contributed by atoms with Gasteiger partial charge in [0.05, 0.1) is 13.2 Å². The molecule has 6 aliphatic rings. The molecule has 0 aromatic heterocycles. The predicted octanol–water partition coefficient (Wildman–Crippen LogP) is 1.98. The van der Waals surface area contributed by atoms with E-state index in [-0.39, 0.29) is 32.7 Å². The van der Waals surface area contributed by atoms with Gasteiger partial charge in [-0.3, -0.25) is 19.2 Å². The average molecular weight is 742 g/mol. The third kappa shape index (κ3) is 6.29. The highest BCUT2D eigenvalue weighted by Gasteiger charge is 2.77. The van der Waals surface area contributed by atoms with Crippen molar-refractivity contribution < 1.29 is 61.2 Å². The second-order valence-electron chi connectivity index (χ2n) is 14.3. The number of amides is 2. The monoisotopic (exact) mass is 741 g/mol. The fraction of sp³-hybridized carbons (Fsp3) is 0.514. The molecule has 1 saturated carbocycles. The summed E-state index contributed by atoms with van der Waals surface area (Å²) in [6.45, 7) is -1.81. The van der Waals surface area contributed by atoms with Crippen LogP contribution in [0.2, 0.25) is 0 Å². The fourth-order valence-electron chi connectivity index (χ4n) is 8.95. The number of rotatable bonds is 9. The van der Waals surface area contributed by atoms with Crippen molar-refractivity contribution in [3.63, 3.8) is 0 Å². The Morgan fingerprint density at radius 2 is 1.75 bits per heavy atom. The van der Waals surface area contributed by atoms with Crippen LogP contribution in [0.25, 0.3) is 6.08 Å². The number of nitrogens with one attached hydrogen (secondary N) is 1. The highest BCUT2D eigenvalue weighted by atomic mass is 19.4. The Bertz CT molecular complexity index is 1810. The van der Waals surface area contributed by atoms with Gasteiger partial charge < -0.3 is 34.3 Å². The van der Waals surface area contributed by atoms with E-state index in [2.05, 4.69) is 10.1 Å². The number of alkyl halides is 3. The Morgan fingerprint density at radius 3 is 2.49 bits per heavy atom. The Hall–Kier alpha value is -4.35.